The van der Waals surface area contributed by atoms with Crippen LogP contribution in [0.3, 0.4) is 0 Å². The molecule has 4 nitrogen and oxygen atoms in total. The molecule has 5 heteroatoms. The topological polar surface area (TPSA) is 55.7 Å². The van der Waals surface area contributed by atoms with Crippen molar-refractivity contribution in [3.05, 3.63) is 0 Å². The summed E-state index contributed by atoms with van der Waals surface area (Å²) >= 11 is 0. The number of nitrogens with zero attached hydrogens (tertiary/aromatic N) is 1. The highest BCUT2D eigenvalue weighted by atomic mass is 32.2. The first-order valence-electron chi connectivity index (χ1n) is 3.43. The van der Waals surface area contributed by atoms with Gasteiger partial charge in [0, 0.05) is 6.92 Å². The van der Waals surface area contributed by atoms with Gasteiger partial charge in [0.2, 0.25) is 0 Å². The van der Waals surface area contributed by atoms with Crippen LogP contribution in [0.4, 0.5) is 0 Å². The van der Waals surface area contributed by atoms with E-state index in [0.717, 1.165) is 0 Å². The zero-order chi connectivity index (χ0) is 8.32. The Kier molecular flexibility index (Phi) is 2.62. The summed E-state index contributed by atoms with van der Waals surface area (Å²) in [4.78, 5) is 10.5. The minimum atomic E-state index is -2.24. The van der Waals surface area contributed by atoms with Gasteiger partial charge in [-0.05, 0) is 0 Å². The van der Waals surface area contributed by atoms with Gasteiger partial charge in [-0.15, -0.1) is 0 Å². The van der Waals surface area contributed by atoms with Gasteiger partial charge >= 0.3 is 0 Å². The van der Waals surface area contributed by atoms with Gasteiger partial charge in [0.25, 0.3) is 5.91 Å². The van der Waals surface area contributed by atoms with Crippen molar-refractivity contribution in [3.8, 4) is 0 Å². The molecule has 0 aliphatic carbocycles. The van der Waals surface area contributed by atoms with E-state index in [0.29, 0.717) is 24.7 Å². The van der Waals surface area contributed by atoms with Crippen molar-refractivity contribution in [2.75, 3.05) is 24.7 Å². The van der Waals surface area contributed by atoms with Crippen LogP contribution in [0.2, 0.25) is 0 Å². The molecule has 1 saturated heterocycles. The van der Waals surface area contributed by atoms with E-state index < -0.39 is 9.73 Å². The van der Waals surface area contributed by atoms with Gasteiger partial charge in [-0.3, -0.25) is 4.79 Å². The van der Waals surface area contributed by atoms with Gasteiger partial charge in [-0.25, -0.2) is 4.21 Å². The van der Waals surface area contributed by atoms with Crippen LogP contribution in [0.1, 0.15) is 6.92 Å². The van der Waals surface area contributed by atoms with Gasteiger partial charge in [0.1, 0.15) is 0 Å². The summed E-state index contributed by atoms with van der Waals surface area (Å²) in [5.41, 5.74) is 0. The van der Waals surface area contributed by atoms with Crippen molar-refractivity contribution in [1.29, 1.82) is 0 Å². The zero-order valence-corrected chi connectivity index (χ0v) is 7.23. The molecule has 0 radical (unpaired) electrons. The number of hydrogen-bond donors (Lipinski definition) is 0. The van der Waals surface area contributed by atoms with Gasteiger partial charge in [0.05, 0.1) is 34.4 Å². The lowest BCUT2D eigenvalue weighted by atomic mass is 10.8. The van der Waals surface area contributed by atoms with Crippen molar-refractivity contribution in [1.82, 2.24) is 0 Å². The monoisotopic (exact) mass is 177 g/mol. The lowest BCUT2D eigenvalue weighted by Crippen LogP contribution is -2.26. The summed E-state index contributed by atoms with van der Waals surface area (Å²) in [5, 5.41) is 0. The summed E-state index contributed by atoms with van der Waals surface area (Å²) < 4.78 is 20.1. The van der Waals surface area contributed by atoms with Gasteiger partial charge < -0.3 is 4.74 Å². The molecular weight excluding hydrogens is 166 g/mol. The minimum absolute atomic E-state index is 0.350. The fourth-order valence-electron chi connectivity index (χ4n) is 0.908. The zero-order valence-electron chi connectivity index (χ0n) is 6.41. The predicted molar refractivity (Wildman–Crippen MR) is 41.8 cm³/mol. The molecule has 0 bridgehead atoms. The van der Waals surface area contributed by atoms with E-state index in [2.05, 4.69) is 4.36 Å². The Morgan fingerprint density at radius 1 is 1.45 bits per heavy atom. The second kappa shape index (κ2) is 3.32. The Bertz CT molecular complexity index is 253. The van der Waals surface area contributed by atoms with E-state index in [1.807, 2.05) is 0 Å². The van der Waals surface area contributed by atoms with Gasteiger partial charge in [-0.2, -0.15) is 4.36 Å². The number of hydrogen-bond acceptors (Lipinski definition) is 3. The molecular formula is C6H11NO3S. The molecule has 0 spiro atoms. The standard InChI is InChI=1S/C6H11NO3S/c1-6(8)7-11(9)4-2-10-3-5-11/h2-5H2,1H3. The SMILES string of the molecule is CC(=O)N=S1(=O)CCOCC1. The normalized spacial score (nSPS) is 22.6. The fraction of sp³-hybridized carbons (Fsp3) is 0.833. The van der Waals surface area contributed by atoms with Crippen LogP contribution in [0.5, 0.6) is 0 Å². The molecule has 1 amide bonds. The maximum atomic E-state index is 11.5. The van der Waals surface area contributed by atoms with E-state index in [9.17, 15) is 9.00 Å². The smallest absolute Gasteiger partial charge is 0.250 e. The van der Waals surface area contributed by atoms with Crippen molar-refractivity contribution in [2.45, 2.75) is 6.92 Å². The summed E-state index contributed by atoms with van der Waals surface area (Å²) in [6.45, 7) is 2.23. The van der Waals surface area contributed by atoms with Gasteiger partial charge in [-0.1, -0.05) is 0 Å². The first kappa shape index (κ1) is 8.67. The Hall–Kier alpha value is -0.420. The van der Waals surface area contributed by atoms with Crippen molar-refractivity contribution in [3.63, 3.8) is 0 Å². The van der Waals surface area contributed by atoms with E-state index in [4.69, 9.17) is 4.74 Å². The summed E-state index contributed by atoms with van der Waals surface area (Å²) in [6, 6.07) is 0. The molecule has 1 aliphatic heterocycles. The molecule has 0 aromatic heterocycles. The molecule has 0 aromatic carbocycles. The molecule has 1 heterocycles. The van der Waals surface area contributed by atoms with Crippen LogP contribution in [-0.2, 0) is 19.3 Å². The fourth-order valence-corrected chi connectivity index (χ4v) is 2.52. The third-order valence-corrected chi connectivity index (χ3v) is 3.59. The second-order valence-corrected chi connectivity index (χ2v) is 4.95. The number of carbonyl (C=O) groups excluding carboxylic acids is 1. The molecule has 0 aromatic rings. The largest absolute Gasteiger partial charge is 0.379 e. The van der Waals surface area contributed by atoms with Crippen molar-refractivity contribution >= 4 is 15.6 Å². The molecule has 11 heavy (non-hydrogen) atoms. The number of carbonyl (C=O) groups is 1. The second-order valence-electron chi connectivity index (χ2n) is 2.40. The quantitative estimate of drug-likeness (QED) is 0.524. The molecule has 0 N–H and O–H groups in total. The van der Waals surface area contributed by atoms with E-state index in [-0.39, 0.29) is 5.91 Å². The third kappa shape index (κ3) is 2.59. The lowest BCUT2D eigenvalue weighted by molar-refractivity contribution is -0.115. The summed E-state index contributed by atoms with van der Waals surface area (Å²) in [5.74, 6) is 0.441. The highest BCUT2D eigenvalue weighted by Gasteiger charge is 2.14. The Morgan fingerprint density at radius 3 is 2.45 bits per heavy atom. The molecule has 1 fully saturated rings. The molecule has 1 rings (SSSR count). The van der Waals surface area contributed by atoms with Crippen LogP contribution in [0, 0.1) is 0 Å². The summed E-state index contributed by atoms with van der Waals surface area (Å²) in [7, 11) is -2.24. The first-order chi connectivity index (χ1) is 5.12. The van der Waals surface area contributed by atoms with Crippen LogP contribution in [0.15, 0.2) is 4.36 Å². The third-order valence-electron chi connectivity index (χ3n) is 1.39. The van der Waals surface area contributed by atoms with Crippen LogP contribution < -0.4 is 0 Å². The Morgan fingerprint density at radius 2 is 2.00 bits per heavy atom. The minimum Gasteiger partial charge on any atom is -0.379 e. The predicted octanol–water partition coefficient (Wildman–Crippen LogP) is 0.0311. The number of amides is 1. The highest BCUT2D eigenvalue weighted by Crippen LogP contribution is 2.03. The average molecular weight is 177 g/mol. The molecule has 1 aliphatic rings. The average Bonchev–Trinajstić information content (AvgIpc) is 1.85. The van der Waals surface area contributed by atoms with E-state index >= 15 is 0 Å². The van der Waals surface area contributed by atoms with Crippen molar-refractivity contribution < 1.29 is 13.7 Å². The van der Waals surface area contributed by atoms with Crippen LogP contribution in [0.25, 0.3) is 0 Å². The van der Waals surface area contributed by atoms with E-state index in [1.165, 1.54) is 6.92 Å². The number of rotatable bonds is 0. The first-order valence-corrected chi connectivity index (χ1v) is 5.28. The Labute approximate surface area is 66.1 Å². The lowest BCUT2D eigenvalue weighted by Gasteiger charge is -2.14. The van der Waals surface area contributed by atoms with Crippen LogP contribution in [-0.4, -0.2) is 34.8 Å². The molecule has 0 atom stereocenters. The maximum Gasteiger partial charge on any atom is 0.250 e. The summed E-state index contributed by atoms with van der Waals surface area (Å²) in [6.07, 6.45) is 0. The van der Waals surface area contributed by atoms with E-state index in [1.54, 1.807) is 0 Å². The Balaban J connectivity index is 2.80. The molecule has 0 saturated carbocycles. The maximum absolute atomic E-state index is 11.5. The highest BCUT2D eigenvalue weighted by molar-refractivity contribution is 7.93. The van der Waals surface area contributed by atoms with Gasteiger partial charge in [0.15, 0.2) is 0 Å². The molecule has 0 unspecified atom stereocenters. The van der Waals surface area contributed by atoms with Crippen molar-refractivity contribution in [2.24, 2.45) is 4.36 Å². The van der Waals surface area contributed by atoms with Crippen LogP contribution >= 0.6 is 0 Å². The number of ether oxygens (including phenoxy) is 1. The molecule has 64 valence electrons.